The maximum absolute atomic E-state index is 11.8. The number of anilines is 1. The summed E-state index contributed by atoms with van der Waals surface area (Å²) in [5.74, 6) is 0.143. The number of benzene rings is 1. The van der Waals surface area contributed by atoms with Crippen LogP contribution in [0.2, 0.25) is 0 Å². The fraction of sp³-hybridized carbons (Fsp3) is 0.667. The van der Waals surface area contributed by atoms with Gasteiger partial charge in [0.25, 0.3) is 0 Å². The lowest BCUT2D eigenvalue weighted by Crippen LogP contribution is -2.10. The van der Waals surface area contributed by atoms with Crippen molar-refractivity contribution in [3.63, 3.8) is 0 Å². The molecule has 1 aromatic rings. The second kappa shape index (κ2) is 15.2. The van der Waals surface area contributed by atoms with E-state index >= 15 is 0 Å². The van der Waals surface area contributed by atoms with Crippen molar-refractivity contribution in [3.8, 4) is 0 Å². The van der Waals surface area contributed by atoms with Gasteiger partial charge in [-0.15, -0.1) is 0 Å². The zero-order valence-electron chi connectivity index (χ0n) is 15.7. The highest BCUT2D eigenvalue weighted by atomic mass is 16.1. The Morgan fingerprint density at radius 3 is 1.75 bits per heavy atom. The largest absolute Gasteiger partial charge is 0.412 e. The highest BCUT2D eigenvalue weighted by molar-refractivity contribution is 5.90. The van der Waals surface area contributed by atoms with Gasteiger partial charge in [0.15, 0.2) is 0 Å². The van der Waals surface area contributed by atoms with Crippen molar-refractivity contribution in [1.82, 2.24) is 0 Å². The third kappa shape index (κ3) is 12.1. The molecule has 3 nitrogen and oxygen atoms in total. The van der Waals surface area contributed by atoms with Crippen LogP contribution in [0.5, 0.6) is 0 Å². The Kier molecular flexibility index (Phi) is 14.3. The van der Waals surface area contributed by atoms with E-state index in [9.17, 15) is 4.79 Å². The average Bonchev–Trinajstić information content (AvgIpc) is 2.55. The predicted octanol–water partition coefficient (Wildman–Crippen LogP) is 5.81. The molecule has 0 unspecified atom stereocenters. The normalized spacial score (nSPS) is 10.2. The molecule has 1 amide bonds. The smallest absolute Gasteiger partial charge is 0.224 e. The van der Waals surface area contributed by atoms with Crippen molar-refractivity contribution < 1.29 is 10.3 Å². The molecule has 0 spiro atoms. The Balaban J connectivity index is 0.00000529. The number of amides is 1. The van der Waals surface area contributed by atoms with Gasteiger partial charge in [-0.3, -0.25) is 4.79 Å². The fourth-order valence-corrected chi connectivity index (χ4v) is 2.81. The maximum Gasteiger partial charge on any atom is 0.224 e. The lowest BCUT2D eigenvalue weighted by molar-refractivity contribution is -0.116. The van der Waals surface area contributed by atoms with Crippen molar-refractivity contribution in [2.45, 2.75) is 90.9 Å². The van der Waals surface area contributed by atoms with Gasteiger partial charge in [0.2, 0.25) is 5.91 Å². The Bertz CT molecular complexity index is 414. The van der Waals surface area contributed by atoms with Crippen molar-refractivity contribution in [3.05, 3.63) is 29.8 Å². The summed E-state index contributed by atoms with van der Waals surface area (Å²) in [6.07, 6.45) is 15.1. The van der Waals surface area contributed by atoms with Crippen LogP contribution >= 0.6 is 0 Å². The Labute approximate surface area is 148 Å². The summed E-state index contributed by atoms with van der Waals surface area (Å²) in [4.78, 5) is 11.8. The van der Waals surface area contributed by atoms with Gasteiger partial charge < -0.3 is 10.8 Å². The fourth-order valence-electron chi connectivity index (χ4n) is 2.81. The Morgan fingerprint density at radius 1 is 0.792 bits per heavy atom. The van der Waals surface area contributed by atoms with Crippen LogP contribution in [0.25, 0.3) is 0 Å². The van der Waals surface area contributed by atoms with Gasteiger partial charge in [0, 0.05) is 12.1 Å². The molecule has 138 valence electrons. The first kappa shape index (κ1) is 22.6. The van der Waals surface area contributed by atoms with Crippen LogP contribution in [0.15, 0.2) is 24.3 Å². The molecule has 0 bridgehead atoms. The highest BCUT2D eigenvalue weighted by Gasteiger charge is 2.02. The summed E-state index contributed by atoms with van der Waals surface area (Å²) < 4.78 is 0. The SMILES string of the molecule is CCCCCCCCCCCCCC(=O)Nc1ccc(C)cc1.O. The standard InChI is InChI=1S/C21H35NO.H2O/c1-3-4-5-6-7-8-9-10-11-12-13-14-21(23)22-20-17-15-19(2)16-18-20;/h15-18H,3-14H2,1-2H3,(H,22,23);1H2. The number of carbonyl (C=O) groups is 1. The number of aryl methyl sites for hydroxylation is 1. The first-order chi connectivity index (χ1) is 11.2. The molecule has 3 heteroatoms. The second-order valence-corrected chi connectivity index (χ2v) is 6.70. The van der Waals surface area contributed by atoms with Crippen LogP contribution in [-0.2, 0) is 4.79 Å². The van der Waals surface area contributed by atoms with Crippen LogP contribution < -0.4 is 5.32 Å². The van der Waals surface area contributed by atoms with Gasteiger partial charge in [0.05, 0.1) is 0 Å². The van der Waals surface area contributed by atoms with Gasteiger partial charge in [-0.2, -0.15) is 0 Å². The monoisotopic (exact) mass is 335 g/mol. The number of unbranched alkanes of at least 4 members (excludes halogenated alkanes) is 10. The van der Waals surface area contributed by atoms with E-state index in [2.05, 4.69) is 19.2 Å². The summed E-state index contributed by atoms with van der Waals surface area (Å²) in [6, 6.07) is 7.98. The quantitative estimate of drug-likeness (QED) is 0.454. The van der Waals surface area contributed by atoms with Crippen molar-refractivity contribution >= 4 is 11.6 Å². The lowest BCUT2D eigenvalue weighted by atomic mass is 10.1. The van der Waals surface area contributed by atoms with Crippen molar-refractivity contribution in [1.29, 1.82) is 0 Å². The molecular formula is C21H37NO2. The molecule has 24 heavy (non-hydrogen) atoms. The van der Waals surface area contributed by atoms with Crippen LogP contribution in [0, 0.1) is 6.92 Å². The number of carbonyl (C=O) groups excluding carboxylic acids is 1. The van der Waals surface area contributed by atoms with E-state index in [1.807, 2.05) is 24.3 Å². The molecule has 0 radical (unpaired) electrons. The van der Waals surface area contributed by atoms with Gasteiger partial charge in [-0.05, 0) is 25.5 Å². The van der Waals surface area contributed by atoms with Crippen molar-refractivity contribution in [2.24, 2.45) is 0 Å². The Hall–Kier alpha value is -1.35. The summed E-state index contributed by atoms with van der Waals surface area (Å²) in [6.45, 7) is 4.32. The molecule has 0 aliphatic heterocycles. The summed E-state index contributed by atoms with van der Waals surface area (Å²) in [5.41, 5.74) is 2.12. The van der Waals surface area contributed by atoms with Crippen LogP contribution in [-0.4, -0.2) is 11.4 Å². The third-order valence-electron chi connectivity index (χ3n) is 4.34. The number of rotatable bonds is 13. The van der Waals surface area contributed by atoms with E-state index in [1.165, 1.54) is 69.8 Å². The van der Waals surface area contributed by atoms with Gasteiger partial charge in [-0.1, -0.05) is 88.8 Å². The van der Waals surface area contributed by atoms with E-state index in [0.29, 0.717) is 6.42 Å². The van der Waals surface area contributed by atoms with E-state index in [-0.39, 0.29) is 11.4 Å². The first-order valence-corrected chi connectivity index (χ1v) is 9.59. The molecule has 0 saturated carbocycles. The molecule has 0 atom stereocenters. The van der Waals surface area contributed by atoms with Crippen molar-refractivity contribution in [2.75, 3.05) is 5.32 Å². The van der Waals surface area contributed by atoms with Gasteiger partial charge >= 0.3 is 0 Å². The number of hydrogen-bond donors (Lipinski definition) is 1. The van der Waals surface area contributed by atoms with Crippen LogP contribution in [0.4, 0.5) is 5.69 Å². The average molecular weight is 336 g/mol. The van der Waals surface area contributed by atoms with E-state index in [4.69, 9.17) is 0 Å². The third-order valence-corrected chi connectivity index (χ3v) is 4.34. The molecule has 0 fully saturated rings. The summed E-state index contributed by atoms with van der Waals surface area (Å²) >= 11 is 0. The molecule has 0 aromatic heterocycles. The lowest BCUT2D eigenvalue weighted by Gasteiger charge is -2.06. The number of nitrogens with one attached hydrogen (secondary N) is 1. The minimum atomic E-state index is 0. The first-order valence-electron chi connectivity index (χ1n) is 9.59. The minimum Gasteiger partial charge on any atom is -0.412 e. The molecule has 0 saturated heterocycles. The maximum atomic E-state index is 11.8. The topological polar surface area (TPSA) is 60.6 Å². The predicted molar refractivity (Wildman–Crippen MR) is 105 cm³/mol. The van der Waals surface area contributed by atoms with Gasteiger partial charge in [0.1, 0.15) is 0 Å². The molecule has 0 heterocycles. The van der Waals surface area contributed by atoms with E-state index in [1.54, 1.807) is 0 Å². The molecule has 0 aliphatic rings. The zero-order valence-corrected chi connectivity index (χ0v) is 15.7. The summed E-state index contributed by atoms with van der Waals surface area (Å²) in [7, 11) is 0. The zero-order chi connectivity index (χ0) is 16.8. The highest BCUT2D eigenvalue weighted by Crippen LogP contribution is 2.13. The molecule has 1 rings (SSSR count). The van der Waals surface area contributed by atoms with Crippen LogP contribution in [0.1, 0.15) is 89.5 Å². The van der Waals surface area contributed by atoms with Crippen LogP contribution in [0.3, 0.4) is 0 Å². The molecular weight excluding hydrogens is 298 g/mol. The summed E-state index contributed by atoms with van der Waals surface area (Å²) in [5, 5.41) is 2.97. The minimum absolute atomic E-state index is 0. The van der Waals surface area contributed by atoms with E-state index in [0.717, 1.165) is 12.1 Å². The molecule has 3 N–H and O–H groups in total. The van der Waals surface area contributed by atoms with Gasteiger partial charge in [-0.25, -0.2) is 0 Å². The molecule has 1 aromatic carbocycles. The second-order valence-electron chi connectivity index (χ2n) is 6.70. The molecule has 0 aliphatic carbocycles. The Morgan fingerprint density at radius 2 is 1.25 bits per heavy atom. The number of hydrogen-bond acceptors (Lipinski definition) is 1. The van der Waals surface area contributed by atoms with E-state index < -0.39 is 0 Å².